The molecule has 3 rings (SSSR count). The fourth-order valence-corrected chi connectivity index (χ4v) is 4.59. The lowest BCUT2D eigenvalue weighted by molar-refractivity contribution is -0.139. The lowest BCUT2D eigenvalue weighted by atomic mass is 10.1. The normalized spacial score (nSPS) is 11.9. The monoisotopic (exact) mass is 523 g/mol. The summed E-state index contributed by atoms with van der Waals surface area (Å²) in [5.41, 5.74) is 3.24. The molecule has 9 heteroatoms. The molecule has 2 amide bonds. The number of ether oxygens (including phenoxy) is 1. The van der Waals surface area contributed by atoms with E-state index in [1.165, 1.54) is 11.9 Å². The van der Waals surface area contributed by atoms with Crippen LogP contribution in [-0.2, 0) is 32.8 Å². The third-order valence-electron chi connectivity index (χ3n) is 5.94. The number of sulfonamides is 1. The smallest absolute Gasteiger partial charge is 0.244 e. The van der Waals surface area contributed by atoms with Gasteiger partial charge in [-0.1, -0.05) is 60.2 Å². The van der Waals surface area contributed by atoms with Crippen LogP contribution in [-0.4, -0.2) is 51.0 Å². The SMILES string of the molecule is CNC(=O)[C@@H](C)N(Cc1ccc(C)cc1)C(=O)CN(c1ccc(OCc2ccccc2)cc1)S(C)(=O)=O. The fraction of sp³-hybridized carbons (Fsp3) is 0.286. The molecule has 0 aliphatic heterocycles. The lowest BCUT2D eigenvalue weighted by Gasteiger charge is -2.31. The average molecular weight is 524 g/mol. The Morgan fingerprint density at radius 3 is 2.11 bits per heavy atom. The van der Waals surface area contributed by atoms with Crippen molar-refractivity contribution in [1.29, 1.82) is 0 Å². The third-order valence-corrected chi connectivity index (χ3v) is 7.08. The number of carbonyl (C=O) groups is 2. The highest BCUT2D eigenvalue weighted by atomic mass is 32.2. The van der Waals surface area contributed by atoms with Gasteiger partial charge in [0.15, 0.2) is 0 Å². The molecule has 37 heavy (non-hydrogen) atoms. The van der Waals surface area contributed by atoms with Crippen LogP contribution in [0.4, 0.5) is 5.69 Å². The van der Waals surface area contributed by atoms with Gasteiger partial charge in [0.2, 0.25) is 21.8 Å². The molecular weight excluding hydrogens is 490 g/mol. The first-order valence-electron chi connectivity index (χ1n) is 11.9. The van der Waals surface area contributed by atoms with Crippen molar-refractivity contribution in [2.45, 2.75) is 33.0 Å². The largest absolute Gasteiger partial charge is 0.489 e. The number of rotatable bonds is 11. The molecule has 196 valence electrons. The maximum absolute atomic E-state index is 13.4. The number of aryl methyl sites for hydroxylation is 1. The molecule has 0 saturated carbocycles. The molecule has 0 spiro atoms. The summed E-state index contributed by atoms with van der Waals surface area (Å²) in [5, 5.41) is 2.56. The Morgan fingerprint density at radius 2 is 1.54 bits per heavy atom. The molecule has 0 saturated heterocycles. The van der Waals surface area contributed by atoms with Crippen molar-refractivity contribution in [3.8, 4) is 5.75 Å². The fourth-order valence-electron chi connectivity index (χ4n) is 3.74. The Morgan fingerprint density at radius 1 is 0.919 bits per heavy atom. The van der Waals surface area contributed by atoms with Crippen LogP contribution in [0.5, 0.6) is 5.75 Å². The summed E-state index contributed by atoms with van der Waals surface area (Å²) in [6.45, 7) is 3.67. The third kappa shape index (κ3) is 7.82. The minimum atomic E-state index is -3.80. The number of amides is 2. The van der Waals surface area contributed by atoms with Crippen molar-refractivity contribution in [2.75, 3.05) is 24.2 Å². The first-order valence-corrected chi connectivity index (χ1v) is 13.7. The predicted molar refractivity (Wildman–Crippen MR) is 145 cm³/mol. The van der Waals surface area contributed by atoms with Gasteiger partial charge in [-0.05, 0) is 49.2 Å². The number of benzene rings is 3. The van der Waals surface area contributed by atoms with Crippen LogP contribution in [0.25, 0.3) is 0 Å². The number of nitrogens with zero attached hydrogens (tertiary/aromatic N) is 2. The second-order valence-corrected chi connectivity index (χ2v) is 10.7. The summed E-state index contributed by atoms with van der Waals surface area (Å²) in [6, 6.07) is 23.0. The minimum Gasteiger partial charge on any atom is -0.489 e. The Kier molecular flexibility index (Phi) is 9.30. The molecule has 0 aliphatic rings. The van der Waals surface area contributed by atoms with Gasteiger partial charge in [0.1, 0.15) is 24.9 Å². The Bertz CT molecular complexity index is 1290. The molecule has 0 fully saturated rings. The van der Waals surface area contributed by atoms with Crippen molar-refractivity contribution < 1.29 is 22.7 Å². The molecule has 0 bridgehead atoms. The van der Waals surface area contributed by atoms with E-state index in [-0.39, 0.29) is 12.5 Å². The van der Waals surface area contributed by atoms with Crippen molar-refractivity contribution in [3.63, 3.8) is 0 Å². The number of carbonyl (C=O) groups excluding carboxylic acids is 2. The van der Waals surface area contributed by atoms with Crippen molar-refractivity contribution >= 4 is 27.5 Å². The second kappa shape index (κ2) is 12.4. The molecule has 1 N–H and O–H groups in total. The van der Waals surface area contributed by atoms with Crippen LogP contribution in [0.15, 0.2) is 78.9 Å². The quantitative estimate of drug-likeness (QED) is 0.415. The van der Waals surface area contributed by atoms with E-state index >= 15 is 0 Å². The highest BCUT2D eigenvalue weighted by molar-refractivity contribution is 7.92. The molecule has 0 aromatic heterocycles. The molecule has 0 aliphatic carbocycles. The zero-order chi connectivity index (χ0) is 27.0. The zero-order valence-corrected chi connectivity index (χ0v) is 22.4. The van der Waals surface area contributed by atoms with Gasteiger partial charge in [0.25, 0.3) is 0 Å². The van der Waals surface area contributed by atoms with E-state index in [0.29, 0.717) is 18.0 Å². The molecule has 0 radical (unpaired) electrons. The Hall–Kier alpha value is -3.85. The summed E-state index contributed by atoms with van der Waals surface area (Å²) in [7, 11) is -2.30. The Labute approximate surface area is 218 Å². The van der Waals surface area contributed by atoms with Gasteiger partial charge in [0, 0.05) is 13.6 Å². The van der Waals surface area contributed by atoms with Crippen LogP contribution in [0.3, 0.4) is 0 Å². The predicted octanol–water partition coefficient (Wildman–Crippen LogP) is 3.50. The van der Waals surface area contributed by atoms with E-state index in [1.54, 1.807) is 31.2 Å². The lowest BCUT2D eigenvalue weighted by Crippen LogP contribution is -2.50. The molecule has 0 unspecified atom stereocenters. The van der Waals surface area contributed by atoms with E-state index in [0.717, 1.165) is 27.3 Å². The van der Waals surface area contributed by atoms with E-state index < -0.39 is 28.5 Å². The summed E-state index contributed by atoms with van der Waals surface area (Å²) < 4.78 is 32.2. The molecule has 3 aromatic carbocycles. The van der Waals surface area contributed by atoms with Crippen LogP contribution < -0.4 is 14.4 Å². The molecule has 0 heterocycles. The van der Waals surface area contributed by atoms with E-state index in [1.807, 2.05) is 61.5 Å². The van der Waals surface area contributed by atoms with Gasteiger partial charge in [-0.3, -0.25) is 13.9 Å². The van der Waals surface area contributed by atoms with Crippen LogP contribution >= 0.6 is 0 Å². The van der Waals surface area contributed by atoms with Crippen LogP contribution in [0.2, 0.25) is 0 Å². The molecule has 1 atom stereocenters. The number of likely N-dealkylation sites (N-methyl/N-ethyl adjacent to an activating group) is 1. The zero-order valence-electron chi connectivity index (χ0n) is 21.5. The van der Waals surface area contributed by atoms with Gasteiger partial charge < -0.3 is 15.0 Å². The maximum atomic E-state index is 13.4. The van der Waals surface area contributed by atoms with E-state index in [2.05, 4.69) is 5.32 Å². The van der Waals surface area contributed by atoms with E-state index in [4.69, 9.17) is 4.74 Å². The molecule has 3 aromatic rings. The molecular formula is C28H33N3O5S. The Balaban J connectivity index is 1.80. The van der Waals surface area contributed by atoms with Gasteiger partial charge in [0.05, 0.1) is 11.9 Å². The highest BCUT2D eigenvalue weighted by Gasteiger charge is 2.29. The van der Waals surface area contributed by atoms with E-state index in [9.17, 15) is 18.0 Å². The minimum absolute atomic E-state index is 0.164. The summed E-state index contributed by atoms with van der Waals surface area (Å²) in [6.07, 6.45) is 1.05. The van der Waals surface area contributed by atoms with Crippen molar-refractivity contribution in [2.24, 2.45) is 0 Å². The topological polar surface area (TPSA) is 96.0 Å². The summed E-state index contributed by atoms with van der Waals surface area (Å²) >= 11 is 0. The van der Waals surface area contributed by atoms with Gasteiger partial charge >= 0.3 is 0 Å². The number of anilines is 1. The van der Waals surface area contributed by atoms with Gasteiger partial charge in [-0.25, -0.2) is 8.42 Å². The van der Waals surface area contributed by atoms with Crippen molar-refractivity contribution in [3.05, 3.63) is 95.6 Å². The van der Waals surface area contributed by atoms with Crippen LogP contribution in [0, 0.1) is 6.92 Å². The summed E-state index contributed by atoms with van der Waals surface area (Å²) in [5.74, 6) is -0.264. The first-order chi connectivity index (χ1) is 17.6. The van der Waals surface area contributed by atoms with Crippen molar-refractivity contribution in [1.82, 2.24) is 10.2 Å². The first kappa shape index (κ1) is 27.7. The highest BCUT2D eigenvalue weighted by Crippen LogP contribution is 2.23. The summed E-state index contributed by atoms with van der Waals surface area (Å²) in [4.78, 5) is 27.2. The van der Waals surface area contributed by atoms with Crippen LogP contribution in [0.1, 0.15) is 23.6 Å². The average Bonchev–Trinajstić information content (AvgIpc) is 2.89. The molecule has 8 nitrogen and oxygen atoms in total. The standard InChI is InChI=1S/C28H33N3O5S/c1-21-10-12-23(13-11-21)18-30(22(2)28(33)29-3)27(32)19-31(37(4,34)35)25-14-16-26(17-15-25)36-20-24-8-6-5-7-9-24/h5-17,22H,18-20H2,1-4H3,(H,29,33)/t22-/m1/s1. The van der Waals surface area contributed by atoms with Gasteiger partial charge in [-0.2, -0.15) is 0 Å². The number of hydrogen-bond donors (Lipinski definition) is 1. The number of hydrogen-bond acceptors (Lipinski definition) is 5. The second-order valence-electron chi connectivity index (χ2n) is 8.84. The van der Waals surface area contributed by atoms with Gasteiger partial charge in [-0.15, -0.1) is 0 Å². The number of nitrogens with one attached hydrogen (secondary N) is 1. The maximum Gasteiger partial charge on any atom is 0.244 e.